The van der Waals surface area contributed by atoms with Gasteiger partial charge in [0.2, 0.25) is 5.69 Å². The number of fused-ring (bicyclic) bond motifs is 1. The number of hydrazone groups is 1. The molecule has 2 aromatic carbocycles. The van der Waals surface area contributed by atoms with E-state index in [1.54, 1.807) is 31.2 Å². The van der Waals surface area contributed by atoms with Crippen molar-refractivity contribution >= 4 is 34.8 Å². The largest absolute Gasteiger partial charge is 0.320 e. The Morgan fingerprint density at radius 1 is 1.02 bits per heavy atom. The predicted octanol–water partition coefficient (Wildman–Crippen LogP) is 5.06. The first-order valence-corrected chi connectivity index (χ1v) is 12.5. The fraction of sp³-hybridized carbons (Fsp3) is 0.269. The van der Waals surface area contributed by atoms with E-state index >= 15 is 0 Å². The first-order valence-electron chi connectivity index (χ1n) is 12.5. The van der Waals surface area contributed by atoms with Crippen molar-refractivity contribution in [1.82, 2.24) is 14.8 Å². The van der Waals surface area contributed by atoms with Crippen LogP contribution < -0.4 is 0 Å². The molecule has 1 amide bonds. The molecule has 2 aliphatic rings. The topological polar surface area (TPSA) is 180 Å². The quantitative estimate of drug-likeness (QED) is 0.291. The summed E-state index contributed by atoms with van der Waals surface area (Å²) in [4.78, 5) is 46.7. The van der Waals surface area contributed by atoms with Crippen LogP contribution in [0.15, 0.2) is 65.4 Å². The molecular weight excluding hydrogens is 522 g/mol. The molecule has 0 spiro atoms. The summed E-state index contributed by atoms with van der Waals surface area (Å²) in [6, 6.07) is 11.2. The van der Waals surface area contributed by atoms with Crippen LogP contribution in [0.1, 0.15) is 53.8 Å². The average molecular weight is 546 g/mol. The summed E-state index contributed by atoms with van der Waals surface area (Å²) in [5, 5.41) is 44.4. The first-order chi connectivity index (χ1) is 19.2. The van der Waals surface area contributed by atoms with E-state index < -0.39 is 32.4 Å². The highest BCUT2D eigenvalue weighted by Gasteiger charge is 2.46. The predicted molar refractivity (Wildman–Crippen MR) is 142 cm³/mol. The number of benzene rings is 2. The summed E-state index contributed by atoms with van der Waals surface area (Å²) in [6.45, 7) is 2.03. The van der Waals surface area contributed by atoms with E-state index in [9.17, 15) is 35.1 Å². The molecule has 1 saturated carbocycles. The minimum absolute atomic E-state index is 0.0693. The Balaban J connectivity index is 1.63. The molecule has 204 valence electrons. The Labute approximate surface area is 226 Å². The second-order valence-electron chi connectivity index (χ2n) is 9.43. The van der Waals surface area contributed by atoms with Gasteiger partial charge in [-0.3, -0.25) is 39.8 Å². The summed E-state index contributed by atoms with van der Waals surface area (Å²) < 4.78 is 1.29. The second kappa shape index (κ2) is 10.5. The van der Waals surface area contributed by atoms with E-state index in [1.165, 1.54) is 41.2 Å². The molecule has 1 aromatic heterocycles. The third-order valence-electron chi connectivity index (χ3n) is 7.02. The van der Waals surface area contributed by atoms with Crippen LogP contribution in [0.2, 0.25) is 0 Å². The molecular formula is C26H23N7O7. The van der Waals surface area contributed by atoms with Gasteiger partial charge in [0, 0.05) is 36.7 Å². The van der Waals surface area contributed by atoms with Gasteiger partial charge in [0.25, 0.3) is 11.4 Å². The first kappa shape index (κ1) is 26.3. The smallest absolute Gasteiger partial charge is 0.265 e. The van der Waals surface area contributed by atoms with Crippen LogP contribution in [0.3, 0.4) is 0 Å². The van der Waals surface area contributed by atoms with Crippen molar-refractivity contribution in [1.29, 1.82) is 0 Å². The van der Waals surface area contributed by atoms with Crippen molar-refractivity contribution in [3.63, 3.8) is 0 Å². The zero-order valence-corrected chi connectivity index (χ0v) is 21.2. The van der Waals surface area contributed by atoms with Gasteiger partial charge < -0.3 is 0 Å². The van der Waals surface area contributed by atoms with Crippen molar-refractivity contribution < 1.29 is 19.6 Å². The third kappa shape index (κ3) is 4.81. The van der Waals surface area contributed by atoms with Crippen LogP contribution in [0.5, 0.6) is 0 Å². The van der Waals surface area contributed by atoms with Gasteiger partial charge in [-0.25, -0.2) is 5.01 Å². The van der Waals surface area contributed by atoms with Crippen LogP contribution in [-0.2, 0) is 6.54 Å². The molecule has 0 radical (unpaired) electrons. The van der Waals surface area contributed by atoms with Crippen molar-refractivity contribution in [2.24, 2.45) is 11.0 Å². The van der Waals surface area contributed by atoms with Crippen molar-refractivity contribution in [3.8, 4) is 0 Å². The number of nitro benzene ring substituents is 2. The van der Waals surface area contributed by atoms with E-state index in [2.05, 4.69) is 10.2 Å². The van der Waals surface area contributed by atoms with Crippen LogP contribution in [0.4, 0.5) is 17.1 Å². The molecule has 2 atom stereocenters. The molecule has 0 bridgehead atoms. The van der Waals surface area contributed by atoms with Crippen molar-refractivity contribution in [2.75, 3.05) is 0 Å². The van der Waals surface area contributed by atoms with Gasteiger partial charge in [-0.15, -0.1) is 0 Å². The number of nitro groups is 3. The lowest BCUT2D eigenvalue weighted by molar-refractivity contribution is -0.385. The van der Waals surface area contributed by atoms with E-state index in [4.69, 9.17) is 0 Å². The van der Waals surface area contributed by atoms with Gasteiger partial charge in [-0.1, -0.05) is 24.3 Å². The summed E-state index contributed by atoms with van der Waals surface area (Å²) in [5.41, 5.74) is 1.28. The lowest BCUT2D eigenvalue weighted by Crippen LogP contribution is -2.32. The van der Waals surface area contributed by atoms with E-state index in [1.807, 2.05) is 0 Å². The number of carbonyl (C=O) groups is 1. The van der Waals surface area contributed by atoms with Crippen LogP contribution >= 0.6 is 0 Å². The molecule has 1 aliphatic carbocycles. The normalized spacial score (nSPS) is 19.3. The average Bonchev–Trinajstić information content (AvgIpc) is 3.56. The number of rotatable bonds is 7. The van der Waals surface area contributed by atoms with E-state index in [-0.39, 0.29) is 23.0 Å². The maximum absolute atomic E-state index is 13.8. The summed E-state index contributed by atoms with van der Waals surface area (Å²) in [7, 11) is 0. The van der Waals surface area contributed by atoms with Crippen LogP contribution in [-0.4, -0.2) is 41.2 Å². The Morgan fingerprint density at radius 2 is 1.73 bits per heavy atom. The summed E-state index contributed by atoms with van der Waals surface area (Å²) in [5.74, 6) is -1.16. The molecule has 40 heavy (non-hydrogen) atoms. The number of hydrogen-bond acceptors (Lipinski definition) is 9. The number of aromatic nitrogens is 2. The van der Waals surface area contributed by atoms with Gasteiger partial charge in [0.15, 0.2) is 0 Å². The molecule has 1 fully saturated rings. The number of allylic oxidation sites excluding steroid dienone is 1. The highest BCUT2D eigenvalue weighted by Crippen LogP contribution is 2.45. The van der Waals surface area contributed by atoms with E-state index in [0.717, 1.165) is 10.6 Å². The summed E-state index contributed by atoms with van der Waals surface area (Å²) >= 11 is 0. The second-order valence-corrected chi connectivity index (χ2v) is 9.43. The fourth-order valence-electron chi connectivity index (χ4n) is 5.22. The Morgan fingerprint density at radius 3 is 2.40 bits per heavy atom. The van der Waals surface area contributed by atoms with Crippen LogP contribution in [0.25, 0.3) is 6.08 Å². The van der Waals surface area contributed by atoms with Gasteiger partial charge >= 0.3 is 11.6 Å². The number of aryl methyl sites for hydroxylation is 1. The molecule has 0 N–H and O–H groups in total. The Bertz CT molecular complexity index is 1610. The third-order valence-corrected chi connectivity index (χ3v) is 7.02. The molecule has 1 aliphatic heterocycles. The summed E-state index contributed by atoms with van der Waals surface area (Å²) in [6.07, 6.45) is 4.87. The maximum atomic E-state index is 13.8. The van der Waals surface area contributed by atoms with Gasteiger partial charge in [0.1, 0.15) is 6.20 Å². The molecule has 0 unspecified atom stereocenters. The van der Waals surface area contributed by atoms with Gasteiger partial charge in [-0.05, 0) is 49.0 Å². The molecule has 2 heterocycles. The minimum atomic E-state index is -0.799. The number of nitrogens with zero attached hydrogens (tertiary/aromatic N) is 7. The zero-order chi connectivity index (χ0) is 28.6. The highest BCUT2D eigenvalue weighted by atomic mass is 16.6. The minimum Gasteiger partial charge on any atom is -0.265 e. The standard InChI is InChI=1S/C26H23N7O7/c1-2-29-15-22(33(39)40)24(27-29)26(34)30-25(18-8-4-10-20(14-18)32(37)38)21-11-5-7-17(23(21)28-30)12-16-6-3-9-19(13-16)31(35)36/h3-4,6,8-10,12-15,21,25H,2,5,7,11H2,1H3/b17-12-/t21-,25+/m0/s1. The molecule has 5 rings (SSSR count). The highest BCUT2D eigenvalue weighted by molar-refractivity contribution is 6.09. The van der Waals surface area contributed by atoms with Gasteiger partial charge in [0.05, 0.1) is 26.5 Å². The Hall–Kier alpha value is -5.27. The number of non-ortho nitro benzene ring substituents is 2. The van der Waals surface area contributed by atoms with Crippen molar-refractivity contribution in [2.45, 2.75) is 38.8 Å². The number of hydrogen-bond donors (Lipinski definition) is 0. The van der Waals surface area contributed by atoms with E-state index in [0.29, 0.717) is 42.6 Å². The zero-order valence-electron chi connectivity index (χ0n) is 21.2. The fourth-order valence-corrected chi connectivity index (χ4v) is 5.22. The van der Waals surface area contributed by atoms with Gasteiger partial charge in [-0.2, -0.15) is 10.2 Å². The number of amides is 1. The van der Waals surface area contributed by atoms with Crippen molar-refractivity contribution in [3.05, 3.63) is 107 Å². The molecule has 14 nitrogen and oxygen atoms in total. The molecule has 3 aromatic rings. The molecule has 14 heteroatoms. The number of carbonyl (C=O) groups excluding carboxylic acids is 1. The maximum Gasteiger partial charge on any atom is 0.320 e. The monoisotopic (exact) mass is 545 g/mol. The lowest BCUT2D eigenvalue weighted by Gasteiger charge is -2.29. The SMILES string of the molecule is CCn1cc([N+](=O)[O-])c(C(=O)N2N=C3/C(=C\c4cccc([N+](=O)[O-])c4)CCC[C@@H]3[C@H]2c2cccc([N+](=O)[O-])c2)n1. The Kier molecular flexibility index (Phi) is 6.90. The van der Waals surface area contributed by atoms with Crippen LogP contribution in [0, 0.1) is 36.3 Å². The lowest BCUT2D eigenvalue weighted by atomic mass is 9.77. The molecule has 0 saturated heterocycles.